The van der Waals surface area contributed by atoms with Crippen LogP contribution in [0.5, 0.6) is 0 Å². The van der Waals surface area contributed by atoms with Gasteiger partial charge in [0, 0.05) is 36.7 Å². The number of hydrogen-bond acceptors (Lipinski definition) is 3. The molecule has 3 heteroatoms. The highest BCUT2D eigenvalue weighted by molar-refractivity contribution is 6.00. The normalized spacial score (nSPS) is 15.9. The topological polar surface area (TPSA) is 45.5 Å². The molecule has 1 N–H and O–H groups in total. The smallest absolute Gasteiger partial charge is 0.0669 e. The summed E-state index contributed by atoms with van der Waals surface area (Å²) in [6.45, 7) is 0.180. The first kappa shape index (κ1) is 12.5. The van der Waals surface area contributed by atoms with Crippen molar-refractivity contribution in [3.8, 4) is 0 Å². The molecule has 1 aromatic rings. The lowest BCUT2D eigenvalue weighted by Crippen LogP contribution is -1.93. The van der Waals surface area contributed by atoms with E-state index in [4.69, 9.17) is 5.11 Å². The average molecular weight is 240 g/mol. The Morgan fingerprint density at radius 1 is 1.17 bits per heavy atom. The van der Waals surface area contributed by atoms with Crippen molar-refractivity contribution in [2.75, 3.05) is 6.61 Å². The number of aliphatic imine (C=N–C) groups is 1. The Balaban J connectivity index is 0.000000169. The predicted molar refractivity (Wildman–Crippen MR) is 73.3 cm³/mol. The number of fused-ring (bicyclic) bond motifs is 1. The van der Waals surface area contributed by atoms with Crippen LogP contribution in [0.4, 0.5) is 0 Å². The van der Waals surface area contributed by atoms with Gasteiger partial charge >= 0.3 is 0 Å². The fourth-order valence-electron chi connectivity index (χ4n) is 1.73. The molecule has 92 valence electrons. The molecule has 0 saturated carbocycles. The lowest BCUT2D eigenvalue weighted by atomic mass is 10.1. The summed E-state index contributed by atoms with van der Waals surface area (Å²) in [5.74, 6) is 0. The van der Waals surface area contributed by atoms with Gasteiger partial charge in [-0.25, -0.2) is 0 Å². The molecule has 18 heavy (non-hydrogen) atoms. The maximum absolute atomic E-state index is 8.71. The van der Waals surface area contributed by atoms with Crippen LogP contribution in [-0.4, -0.2) is 22.4 Å². The molecule has 0 amide bonds. The molecule has 0 bridgehead atoms. The van der Waals surface area contributed by atoms with Gasteiger partial charge in [-0.3, -0.25) is 9.98 Å². The highest BCUT2D eigenvalue weighted by atomic mass is 16.3. The summed E-state index contributed by atoms with van der Waals surface area (Å²) in [5, 5.41) is 8.71. The minimum Gasteiger partial charge on any atom is -0.396 e. The Labute approximate surface area is 107 Å². The molecule has 0 atom stereocenters. The van der Waals surface area contributed by atoms with Crippen LogP contribution in [0.3, 0.4) is 0 Å². The number of nitrogens with zero attached hydrogens (tertiary/aromatic N) is 2. The third-order valence-electron chi connectivity index (χ3n) is 2.56. The van der Waals surface area contributed by atoms with Gasteiger partial charge in [0.15, 0.2) is 0 Å². The van der Waals surface area contributed by atoms with Crippen molar-refractivity contribution < 1.29 is 5.11 Å². The van der Waals surface area contributed by atoms with Gasteiger partial charge in [0.2, 0.25) is 0 Å². The number of aliphatic hydroxyl groups excluding tert-OH is 1. The summed E-state index contributed by atoms with van der Waals surface area (Å²) in [6.07, 6.45) is 13.5. The predicted octanol–water partition coefficient (Wildman–Crippen LogP) is 2.68. The van der Waals surface area contributed by atoms with E-state index in [1.165, 1.54) is 5.57 Å². The molecule has 0 aromatic carbocycles. The highest BCUT2D eigenvalue weighted by Gasteiger charge is 2.12. The summed E-state index contributed by atoms with van der Waals surface area (Å²) < 4.78 is 0. The number of hydrogen-bond donors (Lipinski definition) is 1. The zero-order valence-electron chi connectivity index (χ0n) is 10.2. The van der Waals surface area contributed by atoms with Gasteiger partial charge in [-0.05, 0) is 24.6 Å². The largest absolute Gasteiger partial charge is 0.396 e. The number of aromatic nitrogens is 1. The molecule has 0 radical (unpaired) electrons. The average Bonchev–Trinajstić information content (AvgIpc) is 2.84. The monoisotopic (exact) mass is 240 g/mol. The molecule has 2 aliphatic rings. The van der Waals surface area contributed by atoms with Crippen LogP contribution < -0.4 is 0 Å². The zero-order chi connectivity index (χ0) is 12.6. The molecule has 3 nitrogen and oxygen atoms in total. The van der Waals surface area contributed by atoms with Gasteiger partial charge in [0.05, 0.1) is 5.70 Å². The van der Waals surface area contributed by atoms with Gasteiger partial charge in [0.1, 0.15) is 0 Å². The van der Waals surface area contributed by atoms with Crippen molar-refractivity contribution in [3.63, 3.8) is 0 Å². The molecule has 0 saturated heterocycles. The van der Waals surface area contributed by atoms with Gasteiger partial charge in [-0.15, -0.1) is 0 Å². The van der Waals surface area contributed by atoms with Gasteiger partial charge in [-0.2, -0.15) is 0 Å². The van der Waals surface area contributed by atoms with Gasteiger partial charge in [0.25, 0.3) is 0 Å². The van der Waals surface area contributed by atoms with Crippen LogP contribution in [0.1, 0.15) is 12.8 Å². The van der Waals surface area contributed by atoms with E-state index in [1.807, 2.05) is 24.3 Å². The molecule has 0 unspecified atom stereocenters. The molecular weight excluding hydrogens is 224 g/mol. The number of pyridine rings is 1. The maximum atomic E-state index is 8.71. The van der Waals surface area contributed by atoms with Crippen molar-refractivity contribution in [1.29, 1.82) is 0 Å². The third-order valence-corrected chi connectivity index (χ3v) is 2.56. The van der Waals surface area contributed by atoms with E-state index in [0.717, 1.165) is 17.8 Å². The summed E-state index contributed by atoms with van der Waals surface area (Å²) in [6, 6.07) is 5.72. The fraction of sp³-hybridized carbons (Fsp3) is 0.200. The minimum atomic E-state index is 0.180. The van der Waals surface area contributed by atoms with Gasteiger partial charge in [-0.1, -0.05) is 24.3 Å². The van der Waals surface area contributed by atoms with Crippen LogP contribution in [0, 0.1) is 0 Å². The molecule has 1 aliphatic carbocycles. The van der Waals surface area contributed by atoms with Crippen LogP contribution in [0.15, 0.2) is 71.2 Å². The quantitative estimate of drug-likeness (QED) is 0.863. The van der Waals surface area contributed by atoms with Crippen LogP contribution in [0.2, 0.25) is 0 Å². The lowest BCUT2D eigenvalue weighted by Gasteiger charge is -2.00. The molecule has 1 aromatic heterocycles. The van der Waals surface area contributed by atoms with E-state index < -0.39 is 0 Å². The van der Waals surface area contributed by atoms with Gasteiger partial charge < -0.3 is 5.11 Å². The maximum Gasteiger partial charge on any atom is 0.0669 e. The minimum absolute atomic E-state index is 0.180. The molecule has 3 rings (SSSR count). The van der Waals surface area contributed by atoms with E-state index in [0.29, 0.717) is 6.42 Å². The number of rotatable bonds is 2. The van der Waals surface area contributed by atoms with E-state index in [-0.39, 0.29) is 6.61 Å². The summed E-state index contributed by atoms with van der Waals surface area (Å²) in [4.78, 5) is 8.16. The Kier molecular flexibility index (Phi) is 4.61. The van der Waals surface area contributed by atoms with Crippen molar-refractivity contribution in [2.24, 2.45) is 4.99 Å². The highest BCUT2D eigenvalue weighted by Crippen LogP contribution is 2.24. The lowest BCUT2D eigenvalue weighted by molar-refractivity contribution is 0.307. The van der Waals surface area contributed by atoms with Crippen molar-refractivity contribution in [1.82, 2.24) is 4.98 Å². The van der Waals surface area contributed by atoms with Crippen molar-refractivity contribution >= 4 is 5.71 Å². The fourth-order valence-corrected chi connectivity index (χ4v) is 1.73. The van der Waals surface area contributed by atoms with E-state index in [9.17, 15) is 0 Å². The second-order valence-electron chi connectivity index (χ2n) is 3.93. The standard InChI is InChI=1S/C10H11NO.C5H5N/c12-6-5-9-7-8-3-1-2-4-10(8)11-9;1-2-4-6-5-3-1/h1,3-4,7,12H,2,5-6H2;1-5H. The first-order valence-electron chi connectivity index (χ1n) is 6.02. The van der Waals surface area contributed by atoms with E-state index in [2.05, 4.69) is 28.2 Å². The SMILES string of the molecule is OCCC1=NC2=CCC=CC2=C1.c1ccncc1. The van der Waals surface area contributed by atoms with Crippen LogP contribution >= 0.6 is 0 Å². The van der Waals surface area contributed by atoms with Crippen molar-refractivity contribution in [3.05, 3.63) is 66.2 Å². The molecular formula is C15H16N2O. The number of aliphatic hydroxyl groups is 1. The summed E-state index contributed by atoms with van der Waals surface area (Å²) in [7, 11) is 0. The van der Waals surface area contributed by atoms with E-state index in [1.54, 1.807) is 12.4 Å². The summed E-state index contributed by atoms with van der Waals surface area (Å²) >= 11 is 0. The molecule has 0 spiro atoms. The Hall–Kier alpha value is -2.00. The summed E-state index contributed by atoms with van der Waals surface area (Å²) in [5.41, 5.74) is 3.25. The Bertz CT molecular complexity index is 472. The van der Waals surface area contributed by atoms with Crippen LogP contribution in [0.25, 0.3) is 0 Å². The third kappa shape index (κ3) is 3.50. The van der Waals surface area contributed by atoms with Crippen molar-refractivity contribution in [2.45, 2.75) is 12.8 Å². The second-order valence-corrected chi connectivity index (χ2v) is 3.93. The molecule has 0 fully saturated rings. The molecule has 2 heterocycles. The first-order chi connectivity index (χ1) is 8.90. The number of allylic oxidation sites excluding steroid dienone is 4. The molecule has 1 aliphatic heterocycles. The van der Waals surface area contributed by atoms with Crippen LogP contribution in [-0.2, 0) is 0 Å². The van der Waals surface area contributed by atoms with E-state index >= 15 is 0 Å². The Morgan fingerprint density at radius 3 is 2.56 bits per heavy atom. The Morgan fingerprint density at radius 2 is 2.00 bits per heavy atom. The second kappa shape index (κ2) is 6.67. The zero-order valence-corrected chi connectivity index (χ0v) is 10.2. The first-order valence-corrected chi connectivity index (χ1v) is 6.02.